The summed E-state index contributed by atoms with van der Waals surface area (Å²) in [6, 6.07) is 15.5. The van der Waals surface area contributed by atoms with E-state index in [0.717, 1.165) is 29.9 Å². The van der Waals surface area contributed by atoms with Crippen molar-refractivity contribution in [2.45, 2.75) is 25.3 Å². The van der Waals surface area contributed by atoms with E-state index < -0.39 is 0 Å². The van der Waals surface area contributed by atoms with Gasteiger partial charge in [0.1, 0.15) is 6.04 Å². The zero-order valence-corrected chi connectivity index (χ0v) is 13.9. The molecule has 5 heteroatoms. The largest absolute Gasteiger partial charge is 0.464 e. The lowest BCUT2D eigenvalue weighted by Gasteiger charge is -2.17. The molecule has 1 atom stereocenters. The first-order chi connectivity index (χ1) is 12.2. The lowest BCUT2D eigenvalue weighted by atomic mass is 10.1. The van der Waals surface area contributed by atoms with Gasteiger partial charge >= 0.3 is 5.97 Å². The fraction of sp³-hybridized carbons (Fsp3) is 0.300. The Morgan fingerprint density at radius 1 is 1.16 bits per heavy atom. The number of anilines is 2. The minimum absolute atomic E-state index is 0.116. The number of ether oxygens (including phenoxy) is 1. The molecule has 4 rings (SSSR count). The summed E-state index contributed by atoms with van der Waals surface area (Å²) in [4.78, 5) is 26.0. The zero-order valence-electron chi connectivity index (χ0n) is 13.9. The van der Waals surface area contributed by atoms with Crippen molar-refractivity contribution in [3.63, 3.8) is 0 Å². The number of hydrogen-bond donors (Lipinski definition) is 1. The number of hydrogen-bond acceptors (Lipinski definition) is 4. The summed E-state index contributed by atoms with van der Waals surface area (Å²) in [6.07, 6.45) is 1.98. The number of esters is 1. The Kier molecular flexibility index (Phi) is 4.14. The molecule has 0 radical (unpaired) electrons. The van der Waals surface area contributed by atoms with Gasteiger partial charge in [0.15, 0.2) is 0 Å². The van der Waals surface area contributed by atoms with Gasteiger partial charge in [0.2, 0.25) is 5.91 Å². The van der Waals surface area contributed by atoms with Gasteiger partial charge in [-0.15, -0.1) is 0 Å². The topological polar surface area (TPSA) is 58.6 Å². The summed E-state index contributed by atoms with van der Waals surface area (Å²) in [6.45, 7) is 1.22. The van der Waals surface area contributed by atoms with Crippen molar-refractivity contribution in [1.82, 2.24) is 0 Å². The maximum absolute atomic E-state index is 12.6. The first-order valence-electron chi connectivity index (χ1n) is 8.61. The molecule has 128 valence electrons. The second-order valence-corrected chi connectivity index (χ2v) is 6.45. The van der Waals surface area contributed by atoms with E-state index in [0.29, 0.717) is 19.4 Å². The first kappa shape index (κ1) is 15.7. The third-order valence-electron chi connectivity index (χ3n) is 4.77. The molecular weight excluding hydrogens is 316 g/mol. The van der Waals surface area contributed by atoms with E-state index in [-0.39, 0.29) is 17.9 Å². The predicted octanol–water partition coefficient (Wildman–Crippen LogP) is 2.55. The van der Waals surface area contributed by atoms with Gasteiger partial charge < -0.3 is 15.0 Å². The number of carbonyl (C=O) groups excluding carboxylic acids is 2. The molecule has 1 N–H and O–H groups in total. The number of benzene rings is 2. The molecule has 0 spiro atoms. The van der Waals surface area contributed by atoms with E-state index >= 15 is 0 Å². The fourth-order valence-corrected chi connectivity index (χ4v) is 3.41. The molecule has 0 bridgehead atoms. The highest BCUT2D eigenvalue weighted by atomic mass is 16.5. The Hall–Kier alpha value is -2.82. The molecule has 5 nitrogen and oxygen atoms in total. The summed E-state index contributed by atoms with van der Waals surface area (Å²) in [5, 5.41) is 3.17. The number of rotatable bonds is 4. The van der Waals surface area contributed by atoms with E-state index in [1.54, 1.807) is 0 Å². The van der Waals surface area contributed by atoms with Crippen molar-refractivity contribution in [1.29, 1.82) is 0 Å². The summed E-state index contributed by atoms with van der Waals surface area (Å²) in [5.74, 6) is -0.0861. The Bertz CT molecular complexity index is 801. The number of para-hydroxylation sites is 1. The average Bonchev–Trinajstić information content (AvgIpc) is 3.23. The molecule has 2 heterocycles. The van der Waals surface area contributed by atoms with Crippen LogP contribution in [0.3, 0.4) is 0 Å². The maximum Gasteiger partial charge on any atom is 0.328 e. The SMILES string of the molecule is O=C1OCC[C@@H]1Nc1ccc(CC(=O)N2CCc3ccccc32)cc1. The molecule has 1 amide bonds. The highest BCUT2D eigenvalue weighted by molar-refractivity contribution is 5.96. The third kappa shape index (κ3) is 3.22. The fourth-order valence-electron chi connectivity index (χ4n) is 3.41. The molecule has 1 fully saturated rings. The normalized spacial score (nSPS) is 18.8. The number of carbonyl (C=O) groups is 2. The lowest BCUT2D eigenvalue weighted by Crippen LogP contribution is -2.30. The number of cyclic esters (lactones) is 1. The van der Waals surface area contributed by atoms with E-state index in [4.69, 9.17) is 4.74 Å². The van der Waals surface area contributed by atoms with Gasteiger partial charge in [-0.3, -0.25) is 4.79 Å². The van der Waals surface area contributed by atoms with Crippen LogP contribution in [0, 0.1) is 0 Å². The van der Waals surface area contributed by atoms with Gasteiger partial charge in [0.05, 0.1) is 13.0 Å². The summed E-state index contributed by atoms with van der Waals surface area (Å²) in [5.41, 5.74) is 4.10. The summed E-state index contributed by atoms with van der Waals surface area (Å²) in [7, 11) is 0. The van der Waals surface area contributed by atoms with Crippen LogP contribution in [0.2, 0.25) is 0 Å². The molecule has 2 aliphatic rings. The van der Waals surface area contributed by atoms with Crippen molar-refractivity contribution in [2.75, 3.05) is 23.4 Å². The Morgan fingerprint density at radius 2 is 1.96 bits per heavy atom. The van der Waals surface area contributed by atoms with Crippen LogP contribution in [0.5, 0.6) is 0 Å². The smallest absolute Gasteiger partial charge is 0.328 e. The van der Waals surface area contributed by atoms with Crippen LogP contribution in [0.15, 0.2) is 48.5 Å². The standard InChI is InChI=1S/C20H20N2O3/c23-19(22-11-9-15-3-1-2-4-18(15)22)13-14-5-7-16(8-6-14)21-17-10-12-25-20(17)24/h1-8,17,21H,9-13H2/t17-/m0/s1. The quantitative estimate of drug-likeness (QED) is 0.872. The van der Waals surface area contributed by atoms with Crippen molar-refractivity contribution in [3.8, 4) is 0 Å². The van der Waals surface area contributed by atoms with E-state index in [1.165, 1.54) is 5.56 Å². The van der Waals surface area contributed by atoms with E-state index in [9.17, 15) is 9.59 Å². The van der Waals surface area contributed by atoms with Crippen LogP contribution < -0.4 is 10.2 Å². The van der Waals surface area contributed by atoms with Gasteiger partial charge in [0.25, 0.3) is 0 Å². The lowest BCUT2D eigenvalue weighted by molar-refractivity contribution is -0.138. The Morgan fingerprint density at radius 3 is 2.72 bits per heavy atom. The minimum Gasteiger partial charge on any atom is -0.464 e. The van der Waals surface area contributed by atoms with Crippen LogP contribution in [0.1, 0.15) is 17.5 Å². The summed E-state index contributed by atoms with van der Waals surface area (Å²) < 4.78 is 4.95. The Balaban J connectivity index is 1.40. The van der Waals surface area contributed by atoms with Crippen molar-refractivity contribution >= 4 is 23.3 Å². The zero-order chi connectivity index (χ0) is 17.2. The number of fused-ring (bicyclic) bond motifs is 1. The molecule has 1 saturated heterocycles. The van der Waals surface area contributed by atoms with Crippen LogP contribution in [-0.2, 0) is 27.2 Å². The number of nitrogens with zero attached hydrogens (tertiary/aromatic N) is 1. The molecule has 2 aromatic carbocycles. The molecule has 0 aromatic heterocycles. The van der Waals surface area contributed by atoms with E-state index in [2.05, 4.69) is 11.4 Å². The molecular formula is C20H20N2O3. The van der Waals surface area contributed by atoms with Crippen molar-refractivity contribution in [3.05, 3.63) is 59.7 Å². The molecule has 2 aromatic rings. The second-order valence-electron chi connectivity index (χ2n) is 6.45. The average molecular weight is 336 g/mol. The van der Waals surface area contributed by atoms with Gasteiger partial charge in [-0.25, -0.2) is 4.79 Å². The van der Waals surface area contributed by atoms with Crippen LogP contribution >= 0.6 is 0 Å². The highest BCUT2D eigenvalue weighted by Crippen LogP contribution is 2.28. The predicted molar refractivity (Wildman–Crippen MR) is 95.6 cm³/mol. The monoisotopic (exact) mass is 336 g/mol. The van der Waals surface area contributed by atoms with Gasteiger partial charge in [-0.1, -0.05) is 30.3 Å². The maximum atomic E-state index is 12.6. The molecule has 0 aliphatic carbocycles. The van der Waals surface area contributed by atoms with Gasteiger partial charge in [0, 0.05) is 24.3 Å². The minimum atomic E-state index is -0.270. The van der Waals surface area contributed by atoms with Gasteiger partial charge in [-0.05, 0) is 35.7 Å². The van der Waals surface area contributed by atoms with Gasteiger partial charge in [-0.2, -0.15) is 0 Å². The molecule has 2 aliphatic heterocycles. The van der Waals surface area contributed by atoms with Crippen molar-refractivity contribution in [2.24, 2.45) is 0 Å². The number of nitrogens with one attached hydrogen (secondary N) is 1. The third-order valence-corrected chi connectivity index (χ3v) is 4.77. The van der Waals surface area contributed by atoms with E-state index in [1.807, 2.05) is 47.4 Å². The van der Waals surface area contributed by atoms with Crippen LogP contribution in [0.4, 0.5) is 11.4 Å². The summed E-state index contributed by atoms with van der Waals surface area (Å²) >= 11 is 0. The molecule has 25 heavy (non-hydrogen) atoms. The Labute approximate surface area is 146 Å². The van der Waals surface area contributed by atoms with Crippen LogP contribution in [0.25, 0.3) is 0 Å². The van der Waals surface area contributed by atoms with Crippen molar-refractivity contribution < 1.29 is 14.3 Å². The second kappa shape index (κ2) is 6.59. The molecule has 0 unspecified atom stereocenters. The molecule has 0 saturated carbocycles. The number of amides is 1. The highest BCUT2D eigenvalue weighted by Gasteiger charge is 2.26. The first-order valence-corrected chi connectivity index (χ1v) is 8.61. The van der Waals surface area contributed by atoms with Crippen LogP contribution in [-0.4, -0.2) is 31.1 Å².